The Morgan fingerprint density at radius 2 is 1.05 bits per heavy atom. The second-order valence-electron chi connectivity index (χ2n) is 4.11. The number of allylic oxidation sites excluding steroid dienone is 2. The molecule has 2 nitrogen and oxygen atoms in total. The SMILES string of the molecule is O=[C](C=Cc1ccccc1)[Pd][C](=O)C=Cc1ccccc1. The summed E-state index contributed by atoms with van der Waals surface area (Å²) in [5.74, 6) is 0. The molecule has 0 saturated carbocycles. The van der Waals surface area contributed by atoms with E-state index < -0.39 is 18.0 Å². The Kier molecular flexibility index (Phi) is 6.03. The van der Waals surface area contributed by atoms with E-state index >= 15 is 0 Å². The Morgan fingerprint density at radius 3 is 1.43 bits per heavy atom. The van der Waals surface area contributed by atoms with E-state index in [1.54, 1.807) is 12.2 Å². The third-order valence-electron chi connectivity index (χ3n) is 2.55. The predicted octanol–water partition coefficient (Wildman–Crippen LogP) is 3.55. The topological polar surface area (TPSA) is 34.1 Å². The maximum absolute atomic E-state index is 11.7. The molecule has 0 spiro atoms. The number of carbonyl (C=O) groups is 2. The van der Waals surface area contributed by atoms with Crippen molar-refractivity contribution >= 4 is 20.7 Å². The van der Waals surface area contributed by atoms with Crippen LogP contribution < -0.4 is 0 Å². The molecule has 0 amide bonds. The monoisotopic (exact) mass is 368 g/mol. The fourth-order valence-corrected chi connectivity index (χ4v) is 2.47. The average molecular weight is 369 g/mol. The molecule has 2 rings (SSSR count). The van der Waals surface area contributed by atoms with Gasteiger partial charge in [0.25, 0.3) is 0 Å². The van der Waals surface area contributed by atoms with Gasteiger partial charge in [-0.05, 0) is 0 Å². The van der Waals surface area contributed by atoms with Crippen LogP contribution >= 0.6 is 0 Å². The van der Waals surface area contributed by atoms with Crippen LogP contribution in [-0.4, -0.2) is 8.51 Å². The van der Waals surface area contributed by atoms with Gasteiger partial charge in [0.2, 0.25) is 0 Å². The van der Waals surface area contributed by atoms with Crippen LogP contribution in [0.2, 0.25) is 0 Å². The second-order valence-corrected chi connectivity index (χ2v) is 6.04. The summed E-state index contributed by atoms with van der Waals surface area (Å²) in [5.41, 5.74) is 1.90. The van der Waals surface area contributed by atoms with E-state index in [2.05, 4.69) is 0 Å². The van der Waals surface area contributed by atoms with Gasteiger partial charge in [0.1, 0.15) is 0 Å². The summed E-state index contributed by atoms with van der Waals surface area (Å²) in [5, 5.41) is 0. The van der Waals surface area contributed by atoms with Gasteiger partial charge in [0.05, 0.1) is 0 Å². The number of carbonyl (C=O) groups excluding carboxylic acids is 2. The first-order valence-electron chi connectivity index (χ1n) is 6.37. The molecule has 21 heavy (non-hydrogen) atoms. The van der Waals surface area contributed by atoms with E-state index in [1.165, 1.54) is 12.2 Å². The molecule has 0 unspecified atom stereocenters. The minimum absolute atomic E-state index is 0.143. The van der Waals surface area contributed by atoms with Crippen molar-refractivity contribution in [3.8, 4) is 0 Å². The maximum atomic E-state index is 11.7. The molecule has 2 aromatic rings. The van der Waals surface area contributed by atoms with E-state index in [0.29, 0.717) is 0 Å². The van der Waals surface area contributed by atoms with Crippen LogP contribution in [0.5, 0.6) is 0 Å². The summed E-state index contributed by atoms with van der Waals surface area (Å²) in [6.07, 6.45) is 6.40. The van der Waals surface area contributed by atoms with Gasteiger partial charge in [-0.1, -0.05) is 0 Å². The molecule has 0 N–H and O–H groups in total. The van der Waals surface area contributed by atoms with Gasteiger partial charge in [-0.15, -0.1) is 0 Å². The van der Waals surface area contributed by atoms with E-state index in [0.717, 1.165) is 11.1 Å². The van der Waals surface area contributed by atoms with Crippen molar-refractivity contribution in [3.63, 3.8) is 0 Å². The molecular formula is C18H14O2Pd. The summed E-state index contributed by atoms with van der Waals surface area (Å²) in [6, 6.07) is 19.1. The molecule has 0 heterocycles. The average Bonchev–Trinajstić information content (AvgIpc) is 2.53. The third kappa shape index (κ3) is 5.83. The first-order chi connectivity index (χ1) is 10.2. The molecule has 3 heteroatoms. The first-order valence-corrected chi connectivity index (χ1v) is 7.92. The number of benzene rings is 2. The summed E-state index contributed by atoms with van der Waals surface area (Å²) >= 11 is -0.579. The quantitative estimate of drug-likeness (QED) is 0.577. The Labute approximate surface area is 132 Å². The molecule has 0 aromatic heterocycles. The molecule has 0 saturated heterocycles. The van der Waals surface area contributed by atoms with Crippen LogP contribution in [0.25, 0.3) is 12.2 Å². The molecule has 0 atom stereocenters. The van der Waals surface area contributed by atoms with Crippen molar-refractivity contribution < 1.29 is 27.6 Å². The van der Waals surface area contributed by atoms with Crippen LogP contribution in [0.3, 0.4) is 0 Å². The van der Waals surface area contributed by atoms with Gasteiger partial charge in [-0.25, -0.2) is 0 Å². The van der Waals surface area contributed by atoms with Crippen LogP contribution in [0.4, 0.5) is 0 Å². The number of hydrogen-bond donors (Lipinski definition) is 0. The molecule has 0 aliphatic rings. The first kappa shape index (κ1) is 15.3. The van der Waals surface area contributed by atoms with Crippen LogP contribution in [0, 0.1) is 0 Å². The Morgan fingerprint density at radius 1 is 0.667 bits per heavy atom. The molecule has 0 aliphatic heterocycles. The van der Waals surface area contributed by atoms with E-state index in [4.69, 9.17) is 0 Å². The Bertz CT molecular complexity index is 599. The summed E-state index contributed by atoms with van der Waals surface area (Å²) in [4.78, 5) is 23.4. The molecule has 0 aliphatic carbocycles. The van der Waals surface area contributed by atoms with Crippen molar-refractivity contribution in [1.29, 1.82) is 0 Å². The van der Waals surface area contributed by atoms with Gasteiger partial charge in [-0.2, -0.15) is 0 Å². The van der Waals surface area contributed by atoms with Crippen molar-refractivity contribution in [2.24, 2.45) is 0 Å². The molecule has 2 aromatic carbocycles. The number of rotatable bonds is 6. The van der Waals surface area contributed by atoms with Gasteiger partial charge in [0.15, 0.2) is 0 Å². The molecule has 0 bridgehead atoms. The molecule has 108 valence electrons. The van der Waals surface area contributed by atoms with Gasteiger partial charge < -0.3 is 0 Å². The van der Waals surface area contributed by atoms with E-state index in [9.17, 15) is 9.59 Å². The Hall–Kier alpha value is -2.08. The van der Waals surface area contributed by atoms with Crippen molar-refractivity contribution in [1.82, 2.24) is 0 Å². The standard InChI is InChI=1S/2C9H7O.Pd/c2*10-8-4-7-9-5-2-1-3-6-9;/h2*1-7H;. The molecule has 0 radical (unpaired) electrons. The van der Waals surface area contributed by atoms with Crippen molar-refractivity contribution in [2.75, 3.05) is 0 Å². The van der Waals surface area contributed by atoms with Crippen molar-refractivity contribution in [3.05, 3.63) is 83.9 Å². The van der Waals surface area contributed by atoms with Crippen LogP contribution in [0.15, 0.2) is 72.8 Å². The number of hydrogen-bond acceptors (Lipinski definition) is 2. The second kappa shape index (κ2) is 8.26. The predicted molar refractivity (Wildman–Crippen MR) is 81.0 cm³/mol. The fourth-order valence-electron chi connectivity index (χ4n) is 1.57. The van der Waals surface area contributed by atoms with Gasteiger partial charge in [-0.3, -0.25) is 0 Å². The van der Waals surface area contributed by atoms with E-state index in [-0.39, 0.29) is 8.51 Å². The van der Waals surface area contributed by atoms with Gasteiger partial charge >= 0.3 is 132 Å². The summed E-state index contributed by atoms with van der Waals surface area (Å²) in [7, 11) is 0. The normalized spacial score (nSPS) is 11.2. The fraction of sp³-hybridized carbons (Fsp3) is 0. The summed E-state index contributed by atoms with van der Waals surface area (Å²) < 4.78 is -0.286. The molecule has 0 fully saturated rings. The van der Waals surface area contributed by atoms with Crippen molar-refractivity contribution in [2.45, 2.75) is 0 Å². The van der Waals surface area contributed by atoms with Crippen LogP contribution in [-0.2, 0) is 27.6 Å². The molecular weight excluding hydrogens is 355 g/mol. The van der Waals surface area contributed by atoms with Crippen LogP contribution in [0.1, 0.15) is 11.1 Å². The van der Waals surface area contributed by atoms with Gasteiger partial charge in [0, 0.05) is 0 Å². The minimum atomic E-state index is -0.579. The zero-order valence-corrected chi connectivity index (χ0v) is 12.8. The Balaban J connectivity index is 1.87. The zero-order chi connectivity index (χ0) is 14.9. The van der Waals surface area contributed by atoms with E-state index in [1.807, 2.05) is 60.7 Å². The third-order valence-corrected chi connectivity index (χ3v) is 3.83. The zero-order valence-electron chi connectivity index (χ0n) is 11.2. The summed E-state index contributed by atoms with van der Waals surface area (Å²) in [6.45, 7) is 0.